The third-order valence-electron chi connectivity index (χ3n) is 6.41. The number of hydrogen-bond acceptors (Lipinski definition) is 4. The molecule has 3 aromatic rings. The summed E-state index contributed by atoms with van der Waals surface area (Å²) in [7, 11) is 0. The first-order valence-electron chi connectivity index (χ1n) is 11.5. The van der Waals surface area contributed by atoms with E-state index in [2.05, 4.69) is 10.6 Å². The summed E-state index contributed by atoms with van der Waals surface area (Å²) in [6.45, 7) is 0.206. The van der Waals surface area contributed by atoms with Crippen molar-refractivity contribution in [2.45, 2.75) is 44.8 Å². The number of anilines is 1. The highest BCUT2D eigenvalue weighted by Crippen LogP contribution is 2.40. The monoisotopic (exact) mass is 561 g/mol. The van der Waals surface area contributed by atoms with Crippen LogP contribution in [-0.2, 0) is 35.5 Å². The van der Waals surface area contributed by atoms with Gasteiger partial charge in [-0.3, -0.25) is 14.4 Å². The van der Waals surface area contributed by atoms with E-state index in [1.54, 1.807) is 42.5 Å². The lowest BCUT2D eigenvalue weighted by Crippen LogP contribution is -2.53. The fourth-order valence-corrected chi connectivity index (χ4v) is 6.34. The second-order valence-corrected chi connectivity index (χ2v) is 11.2. The number of carbonyl (C=O) groups excluding carboxylic acids is 3. The average Bonchev–Trinajstić information content (AvgIpc) is 3.18. The predicted octanol–water partition coefficient (Wildman–Crippen LogP) is 5.87. The number of benzene rings is 2. The maximum absolute atomic E-state index is 14.0. The quantitative estimate of drug-likeness (QED) is 0.382. The molecule has 186 valence electrons. The van der Waals surface area contributed by atoms with Crippen molar-refractivity contribution >= 4 is 68.9 Å². The first kappa shape index (κ1) is 25.1. The maximum atomic E-state index is 14.0. The highest BCUT2D eigenvalue weighted by molar-refractivity contribution is 7.17. The lowest BCUT2D eigenvalue weighted by Gasteiger charge is -2.28. The van der Waals surface area contributed by atoms with Crippen LogP contribution in [0, 0.1) is 0 Å². The minimum Gasteiger partial charge on any atom is -0.350 e. The van der Waals surface area contributed by atoms with Gasteiger partial charge in [-0.1, -0.05) is 53.0 Å². The van der Waals surface area contributed by atoms with Crippen molar-refractivity contribution < 1.29 is 14.4 Å². The summed E-state index contributed by atoms with van der Waals surface area (Å²) < 4.78 is 0. The van der Waals surface area contributed by atoms with Crippen LogP contribution >= 0.6 is 46.1 Å². The number of aryl methyl sites for hydroxylation is 1. The lowest BCUT2D eigenvalue weighted by atomic mass is 9.95. The van der Waals surface area contributed by atoms with E-state index >= 15 is 0 Å². The standard InChI is InChI=1S/C26H22Cl3N3O3S/c27-16-8-5-14(6-9-16)13-32-22(23(33)30-12-15-7-10-18(28)19(29)11-15)24(34)31-25-21(26(32)35)17-3-1-2-4-20(17)36-25/h5-11,22H,1-4,12-13H2,(H,30,33)(H,31,34). The molecule has 0 radical (unpaired) electrons. The van der Waals surface area contributed by atoms with E-state index in [9.17, 15) is 14.4 Å². The van der Waals surface area contributed by atoms with E-state index < -0.39 is 17.9 Å². The van der Waals surface area contributed by atoms with Gasteiger partial charge in [-0.15, -0.1) is 11.3 Å². The normalized spacial score (nSPS) is 17.2. The smallest absolute Gasteiger partial charge is 0.258 e. The average molecular weight is 563 g/mol. The second kappa shape index (κ2) is 10.4. The van der Waals surface area contributed by atoms with Gasteiger partial charge >= 0.3 is 0 Å². The minimum absolute atomic E-state index is 0.0817. The molecule has 2 aromatic carbocycles. The molecule has 10 heteroatoms. The van der Waals surface area contributed by atoms with Gasteiger partial charge in [0.2, 0.25) is 0 Å². The zero-order chi connectivity index (χ0) is 25.4. The lowest BCUT2D eigenvalue weighted by molar-refractivity contribution is -0.133. The van der Waals surface area contributed by atoms with Gasteiger partial charge in [-0.25, -0.2) is 0 Å². The van der Waals surface area contributed by atoms with Crippen molar-refractivity contribution in [2.75, 3.05) is 5.32 Å². The first-order valence-corrected chi connectivity index (χ1v) is 13.5. The summed E-state index contributed by atoms with van der Waals surface area (Å²) in [6, 6.07) is 10.7. The Bertz CT molecular complexity index is 1360. The van der Waals surface area contributed by atoms with Gasteiger partial charge in [-0.2, -0.15) is 0 Å². The molecule has 5 rings (SSSR count). The number of fused-ring (bicyclic) bond motifs is 3. The SMILES string of the molecule is O=C(NCc1ccc(Cl)c(Cl)c1)C1C(=O)Nc2sc3c(c2C(=O)N1Cc1ccc(Cl)cc1)CCCC3. The number of halogens is 3. The summed E-state index contributed by atoms with van der Waals surface area (Å²) in [5.74, 6) is -1.45. The molecule has 0 bridgehead atoms. The molecule has 0 fully saturated rings. The van der Waals surface area contributed by atoms with E-state index in [-0.39, 0.29) is 19.0 Å². The summed E-state index contributed by atoms with van der Waals surface area (Å²) in [5, 5.41) is 7.52. The van der Waals surface area contributed by atoms with Crippen molar-refractivity contribution in [1.29, 1.82) is 0 Å². The van der Waals surface area contributed by atoms with Crippen LogP contribution in [0.1, 0.15) is 44.8 Å². The maximum Gasteiger partial charge on any atom is 0.258 e. The molecule has 2 heterocycles. The summed E-state index contributed by atoms with van der Waals surface area (Å²) in [4.78, 5) is 43.3. The van der Waals surface area contributed by atoms with Crippen molar-refractivity contribution in [3.63, 3.8) is 0 Å². The Morgan fingerprint density at radius 2 is 1.72 bits per heavy atom. The Hall–Kier alpha value is -2.58. The number of rotatable bonds is 5. The Labute approximate surface area is 227 Å². The van der Waals surface area contributed by atoms with Gasteiger partial charge < -0.3 is 15.5 Å². The number of nitrogens with one attached hydrogen (secondary N) is 2. The van der Waals surface area contributed by atoms with Gasteiger partial charge in [0.15, 0.2) is 6.04 Å². The Morgan fingerprint density at radius 3 is 2.47 bits per heavy atom. The third kappa shape index (κ3) is 4.98. The zero-order valence-corrected chi connectivity index (χ0v) is 22.2. The zero-order valence-electron chi connectivity index (χ0n) is 19.1. The van der Waals surface area contributed by atoms with Crippen LogP contribution < -0.4 is 10.6 Å². The Kier molecular flexibility index (Phi) is 7.26. The van der Waals surface area contributed by atoms with Crippen LogP contribution in [0.15, 0.2) is 42.5 Å². The van der Waals surface area contributed by atoms with E-state index in [1.807, 2.05) is 0 Å². The molecule has 36 heavy (non-hydrogen) atoms. The Balaban J connectivity index is 1.47. The van der Waals surface area contributed by atoms with Gasteiger partial charge in [0.25, 0.3) is 17.7 Å². The topological polar surface area (TPSA) is 78.5 Å². The largest absolute Gasteiger partial charge is 0.350 e. The van der Waals surface area contributed by atoms with Crippen LogP contribution in [0.5, 0.6) is 0 Å². The van der Waals surface area contributed by atoms with Crippen molar-refractivity contribution in [2.24, 2.45) is 0 Å². The van der Waals surface area contributed by atoms with Gasteiger partial charge in [-0.05, 0) is 66.6 Å². The summed E-state index contributed by atoms with van der Waals surface area (Å²) in [5.41, 5.74) is 2.98. The number of thiophene rings is 1. The molecule has 0 spiro atoms. The molecule has 0 saturated carbocycles. The number of carbonyl (C=O) groups is 3. The van der Waals surface area contributed by atoms with Crippen molar-refractivity contribution in [1.82, 2.24) is 10.2 Å². The minimum atomic E-state index is -1.35. The van der Waals surface area contributed by atoms with Crippen LogP contribution in [0.4, 0.5) is 5.00 Å². The molecule has 1 aliphatic heterocycles. The molecular weight excluding hydrogens is 541 g/mol. The molecule has 1 atom stereocenters. The molecule has 2 N–H and O–H groups in total. The molecule has 1 unspecified atom stereocenters. The van der Waals surface area contributed by atoms with Crippen LogP contribution in [-0.4, -0.2) is 28.7 Å². The highest BCUT2D eigenvalue weighted by atomic mass is 35.5. The van der Waals surface area contributed by atoms with Crippen molar-refractivity contribution in [3.8, 4) is 0 Å². The Morgan fingerprint density at radius 1 is 1.00 bits per heavy atom. The van der Waals surface area contributed by atoms with Gasteiger partial charge in [0.1, 0.15) is 5.00 Å². The molecule has 6 nitrogen and oxygen atoms in total. The van der Waals surface area contributed by atoms with E-state index in [0.717, 1.165) is 47.3 Å². The summed E-state index contributed by atoms with van der Waals surface area (Å²) in [6.07, 6.45) is 3.72. The van der Waals surface area contributed by atoms with Gasteiger partial charge in [0, 0.05) is 23.0 Å². The first-order chi connectivity index (χ1) is 17.3. The van der Waals surface area contributed by atoms with Crippen LogP contribution in [0.2, 0.25) is 15.1 Å². The van der Waals surface area contributed by atoms with Crippen LogP contribution in [0.3, 0.4) is 0 Å². The molecule has 0 saturated heterocycles. The second-order valence-electron chi connectivity index (χ2n) is 8.83. The fourth-order valence-electron chi connectivity index (χ4n) is 4.61. The molecule has 1 aliphatic carbocycles. The molecular formula is C26H22Cl3N3O3S. The van der Waals surface area contributed by atoms with Gasteiger partial charge in [0.05, 0.1) is 15.6 Å². The number of nitrogens with zero attached hydrogens (tertiary/aromatic N) is 1. The predicted molar refractivity (Wildman–Crippen MR) is 143 cm³/mol. The summed E-state index contributed by atoms with van der Waals surface area (Å²) >= 11 is 19.6. The number of amides is 3. The third-order valence-corrected chi connectivity index (χ3v) is 8.61. The highest BCUT2D eigenvalue weighted by Gasteiger charge is 2.42. The molecule has 3 amide bonds. The fraction of sp³-hybridized carbons (Fsp3) is 0.269. The van der Waals surface area contributed by atoms with E-state index in [0.29, 0.717) is 25.6 Å². The molecule has 2 aliphatic rings. The molecule has 1 aromatic heterocycles. The van der Waals surface area contributed by atoms with E-state index in [1.165, 1.54) is 16.2 Å². The van der Waals surface area contributed by atoms with E-state index in [4.69, 9.17) is 34.8 Å². The van der Waals surface area contributed by atoms with Crippen molar-refractivity contribution in [3.05, 3.63) is 84.7 Å². The number of hydrogen-bond donors (Lipinski definition) is 2. The van der Waals surface area contributed by atoms with Crippen LogP contribution in [0.25, 0.3) is 0 Å².